The van der Waals surface area contributed by atoms with Crippen LogP contribution < -0.4 is 0 Å². The molecule has 0 aliphatic heterocycles. The van der Waals surface area contributed by atoms with Gasteiger partial charge in [-0.15, -0.1) is 0 Å². The first-order chi connectivity index (χ1) is 12.2. The molecule has 1 N–H and O–H groups in total. The number of carbonyl (C=O) groups excluding carboxylic acids is 3. The van der Waals surface area contributed by atoms with Gasteiger partial charge in [0.1, 0.15) is 11.9 Å². The fraction of sp³-hybridized carbons (Fsp3) is 0.381. The zero-order chi connectivity index (χ0) is 18.7. The number of hydrogen-bond donors (Lipinski definition) is 1. The summed E-state index contributed by atoms with van der Waals surface area (Å²) in [5, 5.41) is 11.4. The molecule has 0 radical (unpaired) electrons. The van der Waals surface area contributed by atoms with Gasteiger partial charge in [-0.1, -0.05) is 42.8 Å². The Morgan fingerprint density at radius 3 is 2.08 bits per heavy atom. The summed E-state index contributed by atoms with van der Waals surface area (Å²) in [5.41, 5.74) is -3.17. The number of carbonyl (C=O) groups is 3. The Morgan fingerprint density at radius 2 is 1.50 bits per heavy atom. The first-order valence-corrected chi connectivity index (χ1v) is 9.02. The molecule has 26 heavy (non-hydrogen) atoms. The smallest absolute Gasteiger partial charge is 0.178 e. The average Bonchev–Trinajstić information content (AvgIpc) is 3.17. The lowest BCUT2D eigenvalue weighted by atomic mass is 9.46. The van der Waals surface area contributed by atoms with Gasteiger partial charge in [-0.3, -0.25) is 14.4 Å². The van der Waals surface area contributed by atoms with Crippen LogP contribution in [-0.2, 0) is 19.8 Å². The third-order valence-electron chi connectivity index (χ3n) is 7.66. The topological polar surface area (TPSA) is 71.4 Å². The highest BCUT2D eigenvalue weighted by Crippen LogP contribution is 2.90. The summed E-state index contributed by atoms with van der Waals surface area (Å²) in [6, 6.07) is 7.20. The highest BCUT2D eigenvalue weighted by atomic mass is 35.5. The maximum Gasteiger partial charge on any atom is 0.178 e. The predicted molar refractivity (Wildman–Crippen MR) is 94.6 cm³/mol. The Morgan fingerprint density at radius 1 is 0.923 bits per heavy atom. The van der Waals surface area contributed by atoms with Gasteiger partial charge < -0.3 is 5.11 Å². The molecule has 5 aliphatic rings. The van der Waals surface area contributed by atoms with Crippen molar-refractivity contribution in [1.29, 1.82) is 0 Å². The van der Waals surface area contributed by atoms with Crippen molar-refractivity contribution in [2.75, 3.05) is 0 Å². The summed E-state index contributed by atoms with van der Waals surface area (Å²) in [4.78, 5) is 38.3. The Bertz CT molecular complexity index is 958. The predicted octanol–water partition coefficient (Wildman–Crippen LogP) is 2.43. The lowest BCUT2D eigenvalue weighted by molar-refractivity contribution is -0.167. The molecule has 132 valence electrons. The van der Waals surface area contributed by atoms with Crippen LogP contribution in [0.25, 0.3) is 0 Å². The average molecular weight is 369 g/mol. The quantitative estimate of drug-likeness (QED) is 0.826. The molecule has 0 heterocycles. The minimum atomic E-state index is -1.39. The van der Waals surface area contributed by atoms with Crippen LogP contribution in [0.1, 0.15) is 19.4 Å². The van der Waals surface area contributed by atoms with Crippen LogP contribution in [0.5, 0.6) is 0 Å². The number of fused-ring (bicyclic) bond motifs is 1. The van der Waals surface area contributed by atoms with Crippen molar-refractivity contribution in [3.63, 3.8) is 0 Å². The van der Waals surface area contributed by atoms with Crippen molar-refractivity contribution < 1.29 is 19.5 Å². The number of halogens is 1. The molecule has 4 fully saturated rings. The number of allylic oxidation sites excluding steroid dienone is 4. The maximum absolute atomic E-state index is 13.4. The summed E-state index contributed by atoms with van der Waals surface area (Å²) in [7, 11) is 0. The van der Waals surface area contributed by atoms with Gasteiger partial charge in [0.25, 0.3) is 0 Å². The van der Waals surface area contributed by atoms with E-state index in [2.05, 4.69) is 0 Å². The molecule has 5 atom stereocenters. The fourth-order valence-electron chi connectivity index (χ4n) is 6.47. The third kappa shape index (κ3) is 1.22. The first kappa shape index (κ1) is 16.2. The summed E-state index contributed by atoms with van der Waals surface area (Å²) in [6.07, 6.45) is 4.99. The zero-order valence-electron chi connectivity index (χ0n) is 14.3. The van der Waals surface area contributed by atoms with Crippen molar-refractivity contribution in [3.8, 4) is 0 Å². The Balaban J connectivity index is 1.89. The summed E-state index contributed by atoms with van der Waals surface area (Å²) in [6.45, 7) is 3.43. The third-order valence-corrected chi connectivity index (χ3v) is 7.91. The Kier molecular flexibility index (Phi) is 2.65. The van der Waals surface area contributed by atoms with Crippen LogP contribution in [0, 0.1) is 22.2 Å². The molecule has 4 saturated carbocycles. The molecule has 1 aromatic carbocycles. The van der Waals surface area contributed by atoms with E-state index < -0.39 is 33.7 Å². The van der Waals surface area contributed by atoms with Gasteiger partial charge >= 0.3 is 0 Å². The number of aliphatic hydroxyl groups excluding tert-OH is 1. The van der Waals surface area contributed by atoms with Crippen LogP contribution in [0.4, 0.5) is 0 Å². The van der Waals surface area contributed by atoms with E-state index in [0.717, 1.165) is 5.56 Å². The van der Waals surface area contributed by atoms with Gasteiger partial charge in [-0.2, -0.15) is 0 Å². The van der Waals surface area contributed by atoms with Crippen LogP contribution in [0.3, 0.4) is 0 Å². The fourth-order valence-corrected chi connectivity index (χ4v) is 6.59. The molecule has 0 aromatic heterocycles. The summed E-state index contributed by atoms with van der Waals surface area (Å²) < 4.78 is 0. The second kappa shape index (κ2) is 4.26. The molecule has 0 saturated heterocycles. The number of hydrogen-bond acceptors (Lipinski definition) is 4. The van der Waals surface area contributed by atoms with E-state index in [1.807, 2.05) is 12.1 Å². The molecule has 5 unspecified atom stereocenters. The number of Topliss-reactive ketones (excluding diaryl/α,β-unsaturated/α-hetero) is 2. The van der Waals surface area contributed by atoms with E-state index in [4.69, 9.17) is 11.6 Å². The second-order valence-electron chi connectivity index (χ2n) is 8.22. The van der Waals surface area contributed by atoms with E-state index in [0.29, 0.717) is 5.02 Å². The molecule has 1 spiro atoms. The molecule has 4 nitrogen and oxygen atoms in total. The van der Waals surface area contributed by atoms with Crippen molar-refractivity contribution in [1.82, 2.24) is 0 Å². The van der Waals surface area contributed by atoms with Crippen LogP contribution >= 0.6 is 11.6 Å². The van der Waals surface area contributed by atoms with Crippen molar-refractivity contribution >= 4 is 29.0 Å². The van der Waals surface area contributed by atoms with Crippen LogP contribution in [0.2, 0.25) is 5.02 Å². The van der Waals surface area contributed by atoms with Crippen molar-refractivity contribution in [2.24, 2.45) is 22.2 Å². The zero-order valence-corrected chi connectivity index (χ0v) is 15.1. The Labute approximate surface area is 155 Å². The van der Waals surface area contributed by atoms with Crippen LogP contribution in [-0.4, -0.2) is 28.6 Å². The molecule has 1 aromatic rings. The van der Waals surface area contributed by atoms with Gasteiger partial charge in [0.2, 0.25) is 0 Å². The summed E-state index contributed by atoms with van der Waals surface area (Å²) >= 11 is 6.05. The number of ketones is 3. The van der Waals surface area contributed by atoms with E-state index >= 15 is 0 Å². The number of rotatable bonds is 1. The van der Waals surface area contributed by atoms with Gasteiger partial charge in [0.15, 0.2) is 11.6 Å². The van der Waals surface area contributed by atoms with Gasteiger partial charge in [0.05, 0.1) is 10.8 Å². The van der Waals surface area contributed by atoms with Crippen molar-refractivity contribution in [2.45, 2.75) is 25.4 Å². The molecule has 5 aliphatic carbocycles. The van der Waals surface area contributed by atoms with Crippen molar-refractivity contribution in [3.05, 3.63) is 59.2 Å². The van der Waals surface area contributed by atoms with E-state index in [-0.39, 0.29) is 17.3 Å². The van der Waals surface area contributed by atoms with Gasteiger partial charge in [-0.05, 0) is 36.8 Å². The highest BCUT2D eigenvalue weighted by molar-refractivity contribution is 6.30. The van der Waals surface area contributed by atoms with E-state index in [1.165, 1.54) is 12.2 Å². The minimum Gasteiger partial charge on any atom is -0.384 e. The lowest BCUT2D eigenvalue weighted by Crippen LogP contribution is -2.65. The number of aliphatic hydroxyl groups is 1. The van der Waals surface area contributed by atoms with Crippen LogP contribution in [0.15, 0.2) is 48.6 Å². The molecule has 4 bridgehead atoms. The van der Waals surface area contributed by atoms with E-state index in [1.54, 1.807) is 38.1 Å². The largest absolute Gasteiger partial charge is 0.384 e. The standard InChI is InChI=1S/C21H17ClO4/c1-18-14-15(24)19(2,17(26)16(18)25)20(9-7-13(23)8-10-20)21(14,18)11-3-5-12(22)6-4-11/h3-10,14,17,26H,1-2H3. The highest BCUT2D eigenvalue weighted by Gasteiger charge is 2.98. The van der Waals surface area contributed by atoms with Gasteiger partial charge in [0, 0.05) is 21.8 Å². The number of benzene rings is 1. The summed E-state index contributed by atoms with van der Waals surface area (Å²) in [5.74, 6) is -1.07. The molecular weight excluding hydrogens is 352 g/mol. The SMILES string of the molecule is CC12C(=O)C3C(C)(C(=O)C1O)C3(c1ccc(Cl)cc1)C21C=CC(=O)C=C1. The van der Waals surface area contributed by atoms with Gasteiger partial charge in [-0.25, -0.2) is 0 Å². The lowest BCUT2D eigenvalue weighted by Gasteiger charge is -2.55. The van der Waals surface area contributed by atoms with E-state index in [9.17, 15) is 19.5 Å². The normalized spacial score (nSPS) is 44.1. The minimum absolute atomic E-state index is 0.106. The molecular formula is C21H17ClO4. The molecule has 5 heteroatoms. The molecule has 0 amide bonds. The monoisotopic (exact) mass is 368 g/mol. The maximum atomic E-state index is 13.4. The first-order valence-electron chi connectivity index (χ1n) is 8.65. The Hall–Kier alpha value is -2.04. The molecule has 6 rings (SSSR count). The second-order valence-corrected chi connectivity index (χ2v) is 8.66.